The molecule has 0 radical (unpaired) electrons. The summed E-state index contributed by atoms with van der Waals surface area (Å²) < 4.78 is 0. The molecule has 0 bridgehead atoms. The number of rotatable bonds is 5. The van der Waals surface area contributed by atoms with E-state index in [0.29, 0.717) is 18.7 Å². The molecule has 1 aromatic rings. The molecule has 1 amide bonds. The van der Waals surface area contributed by atoms with Crippen molar-refractivity contribution < 1.29 is 9.90 Å². The fourth-order valence-electron chi connectivity index (χ4n) is 1.82. The zero-order valence-electron chi connectivity index (χ0n) is 10.4. The first-order valence-electron chi connectivity index (χ1n) is 6.11. The standard InChI is InChI=1S/C12H18N2O2S2/c1-2-11-14-9(6-18-11)5-10(15)13-7-12(16)3-4-17-8-12/h6,16H,2-5,7-8H2,1H3,(H,13,15). The minimum atomic E-state index is -0.711. The lowest BCUT2D eigenvalue weighted by Crippen LogP contribution is -2.43. The highest BCUT2D eigenvalue weighted by Gasteiger charge is 2.31. The minimum absolute atomic E-state index is 0.0618. The molecule has 1 aromatic heterocycles. The first-order chi connectivity index (χ1) is 8.61. The van der Waals surface area contributed by atoms with Crippen molar-refractivity contribution in [1.29, 1.82) is 0 Å². The summed E-state index contributed by atoms with van der Waals surface area (Å²) in [5.74, 6) is 1.62. The van der Waals surface area contributed by atoms with Crippen molar-refractivity contribution in [2.75, 3.05) is 18.1 Å². The molecule has 2 N–H and O–H groups in total. The first kappa shape index (κ1) is 13.8. The molecule has 1 aliphatic rings. The number of amides is 1. The second-order valence-electron chi connectivity index (χ2n) is 4.57. The molecule has 1 aliphatic heterocycles. The lowest BCUT2D eigenvalue weighted by atomic mass is 10.0. The molecule has 0 saturated carbocycles. The van der Waals surface area contributed by atoms with Gasteiger partial charge in [-0.3, -0.25) is 4.79 Å². The fraction of sp³-hybridized carbons (Fsp3) is 0.667. The van der Waals surface area contributed by atoms with Crippen LogP contribution in [0.15, 0.2) is 5.38 Å². The van der Waals surface area contributed by atoms with Gasteiger partial charge in [0.1, 0.15) is 0 Å². The number of hydrogen-bond acceptors (Lipinski definition) is 5. The van der Waals surface area contributed by atoms with Gasteiger partial charge in [-0.05, 0) is 18.6 Å². The summed E-state index contributed by atoms with van der Waals surface area (Å²) in [6.07, 6.45) is 1.97. The van der Waals surface area contributed by atoms with Crippen molar-refractivity contribution in [2.24, 2.45) is 0 Å². The average molecular weight is 286 g/mol. The minimum Gasteiger partial charge on any atom is -0.387 e. The summed E-state index contributed by atoms with van der Waals surface area (Å²) in [6.45, 7) is 2.40. The molecule has 1 saturated heterocycles. The molecule has 2 rings (SSSR count). The molecule has 100 valence electrons. The Hall–Kier alpha value is -0.590. The highest BCUT2D eigenvalue weighted by Crippen LogP contribution is 2.26. The number of aliphatic hydroxyl groups is 1. The zero-order chi connectivity index (χ0) is 13.0. The maximum atomic E-state index is 11.7. The number of aromatic nitrogens is 1. The van der Waals surface area contributed by atoms with E-state index < -0.39 is 5.60 Å². The topological polar surface area (TPSA) is 62.2 Å². The van der Waals surface area contributed by atoms with Crippen molar-refractivity contribution in [2.45, 2.75) is 31.8 Å². The van der Waals surface area contributed by atoms with Crippen LogP contribution in [0, 0.1) is 0 Å². The number of aryl methyl sites for hydroxylation is 1. The van der Waals surface area contributed by atoms with Crippen LogP contribution >= 0.6 is 23.1 Å². The number of nitrogens with zero attached hydrogens (tertiary/aromatic N) is 1. The number of carbonyl (C=O) groups excluding carboxylic acids is 1. The highest BCUT2D eigenvalue weighted by molar-refractivity contribution is 7.99. The maximum absolute atomic E-state index is 11.7. The van der Waals surface area contributed by atoms with Crippen LogP contribution in [0.25, 0.3) is 0 Å². The predicted molar refractivity (Wildman–Crippen MR) is 75.1 cm³/mol. The van der Waals surface area contributed by atoms with Crippen LogP contribution in [0.5, 0.6) is 0 Å². The molecule has 0 aliphatic carbocycles. The molecule has 2 heterocycles. The van der Waals surface area contributed by atoms with Gasteiger partial charge in [-0.15, -0.1) is 11.3 Å². The highest BCUT2D eigenvalue weighted by atomic mass is 32.2. The van der Waals surface area contributed by atoms with Crippen LogP contribution in [0.3, 0.4) is 0 Å². The smallest absolute Gasteiger partial charge is 0.226 e. The third kappa shape index (κ3) is 3.70. The Labute approximate surface area is 115 Å². The van der Waals surface area contributed by atoms with Crippen LogP contribution in [0.1, 0.15) is 24.0 Å². The van der Waals surface area contributed by atoms with E-state index in [9.17, 15) is 9.90 Å². The van der Waals surface area contributed by atoms with Crippen LogP contribution in [-0.2, 0) is 17.6 Å². The van der Waals surface area contributed by atoms with Crippen molar-refractivity contribution >= 4 is 29.0 Å². The van der Waals surface area contributed by atoms with Crippen molar-refractivity contribution in [3.8, 4) is 0 Å². The van der Waals surface area contributed by atoms with E-state index in [1.54, 1.807) is 23.1 Å². The number of thioether (sulfide) groups is 1. The Morgan fingerprint density at radius 1 is 1.67 bits per heavy atom. The molecular formula is C12H18N2O2S2. The lowest BCUT2D eigenvalue weighted by Gasteiger charge is -2.21. The Morgan fingerprint density at radius 2 is 2.50 bits per heavy atom. The summed E-state index contributed by atoms with van der Waals surface area (Å²) in [4.78, 5) is 16.1. The Morgan fingerprint density at radius 3 is 3.11 bits per heavy atom. The average Bonchev–Trinajstić information content (AvgIpc) is 2.96. The van der Waals surface area contributed by atoms with Crippen molar-refractivity contribution in [1.82, 2.24) is 10.3 Å². The van der Waals surface area contributed by atoms with Crippen LogP contribution in [0.2, 0.25) is 0 Å². The molecule has 18 heavy (non-hydrogen) atoms. The van der Waals surface area contributed by atoms with Gasteiger partial charge in [0.05, 0.1) is 22.7 Å². The fourth-order valence-corrected chi connectivity index (χ4v) is 3.86. The zero-order valence-corrected chi connectivity index (χ0v) is 12.1. The molecular weight excluding hydrogens is 268 g/mol. The number of hydrogen-bond donors (Lipinski definition) is 2. The molecule has 0 spiro atoms. The van der Waals surface area contributed by atoms with E-state index in [0.717, 1.165) is 29.3 Å². The van der Waals surface area contributed by atoms with Gasteiger partial charge in [0.15, 0.2) is 0 Å². The summed E-state index contributed by atoms with van der Waals surface area (Å²) in [5, 5.41) is 15.9. The van der Waals surface area contributed by atoms with Crippen LogP contribution in [0.4, 0.5) is 0 Å². The Balaban J connectivity index is 1.78. The summed E-state index contributed by atoms with van der Waals surface area (Å²) in [7, 11) is 0. The van der Waals surface area contributed by atoms with Gasteiger partial charge in [-0.2, -0.15) is 11.8 Å². The largest absolute Gasteiger partial charge is 0.387 e. The molecule has 1 unspecified atom stereocenters. The number of carbonyl (C=O) groups is 1. The van der Waals surface area contributed by atoms with Crippen LogP contribution < -0.4 is 5.32 Å². The van der Waals surface area contributed by atoms with Crippen molar-refractivity contribution in [3.63, 3.8) is 0 Å². The van der Waals surface area contributed by atoms with Gasteiger partial charge in [0, 0.05) is 17.7 Å². The normalized spacial score (nSPS) is 23.2. The summed E-state index contributed by atoms with van der Waals surface area (Å²) >= 11 is 3.32. The van der Waals surface area contributed by atoms with E-state index in [4.69, 9.17) is 0 Å². The number of thiazole rings is 1. The monoisotopic (exact) mass is 286 g/mol. The predicted octanol–water partition coefficient (Wildman–Crippen LogP) is 1.23. The van der Waals surface area contributed by atoms with Gasteiger partial charge in [0.2, 0.25) is 5.91 Å². The molecule has 0 aromatic carbocycles. The van der Waals surface area contributed by atoms with Crippen molar-refractivity contribution in [3.05, 3.63) is 16.1 Å². The Bertz CT molecular complexity index is 414. The van der Waals surface area contributed by atoms with E-state index in [-0.39, 0.29) is 5.91 Å². The molecule has 1 fully saturated rings. The van der Waals surface area contributed by atoms with Gasteiger partial charge < -0.3 is 10.4 Å². The Kier molecular flexibility index (Phi) is 4.64. The maximum Gasteiger partial charge on any atom is 0.226 e. The van der Waals surface area contributed by atoms with Gasteiger partial charge in [-0.25, -0.2) is 4.98 Å². The van der Waals surface area contributed by atoms with Gasteiger partial charge >= 0.3 is 0 Å². The van der Waals surface area contributed by atoms with E-state index in [2.05, 4.69) is 17.2 Å². The molecule has 1 atom stereocenters. The molecule has 6 heteroatoms. The lowest BCUT2D eigenvalue weighted by molar-refractivity contribution is -0.121. The second kappa shape index (κ2) is 6.04. The first-order valence-corrected chi connectivity index (χ1v) is 8.15. The van der Waals surface area contributed by atoms with E-state index >= 15 is 0 Å². The van der Waals surface area contributed by atoms with E-state index in [1.165, 1.54) is 0 Å². The van der Waals surface area contributed by atoms with Crippen LogP contribution in [-0.4, -0.2) is 39.6 Å². The van der Waals surface area contributed by atoms with Gasteiger partial charge in [0.25, 0.3) is 0 Å². The SMILES string of the molecule is CCc1nc(CC(=O)NCC2(O)CCSC2)cs1. The molecule has 4 nitrogen and oxygen atoms in total. The number of nitrogens with one attached hydrogen (secondary N) is 1. The summed E-state index contributed by atoms with van der Waals surface area (Å²) in [6, 6.07) is 0. The summed E-state index contributed by atoms with van der Waals surface area (Å²) in [5.41, 5.74) is 0.110. The van der Waals surface area contributed by atoms with Gasteiger partial charge in [-0.1, -0.05) is 6.92 Å². The van der Waals surface area contributed by atoms with E-state index in [1.807, 2.05) is 5.38 Å². The quantitative estimate of drug-likeness (QED) is 0.855. The third-order valence-electron chi connectivity index (χ3n) is 2.94. The second-order valence-corrected chi connectivity index (χ2v) is 6.61. The third-order valence-corrected chi connectivity index (χ3v) is 5.22.